The minimum Gasteiger partial charge on any atom is -0.483 e. The Bertz CT molecular complexity index is 397. The Labute approximate surface area is 91.0 Å². The lowest BCUT2D eigenvalue weighted by Gasteiger charge is -2.13. The quantitative estimate of drug-likeness (QED) is 0.748. The standard InChI is InChI=1S/C11H11F3O2/c1-7-4-3-5-9(8(2)15)10(7)16-6-11(12,13)14/h3-5H,6H2,1-2H3. The number of carbonyl (C=O) groups is 1. The maximum atomic E-state index is 12.0. The molecule has 0 bridgehead atoms. The van der Waals surface area contributed by atoms with Gasteiger partial charge in [-0.2, -0.15) is 13.2 Å². The number of alkyl halides is 3. The number of halogens is 3. The van der Waals surface area contributed by atoms with E-state index in [1.165, 1.54) is 13.0 Å². The number of carbonyl (C=O) groups excluding carboxylic acids is 1. The van der Waals surface area contributed by atoms with Gasteiger partial charge in [-0.25, -0.2) is 0 Å². The van der Waals surface area contributed by atoms with E-state index in [0.29, 0.717) is 5.56 Å². The Balaban J connectivity index is 2.98. The van der Waals surface area contributed by atoms with Crippen molar-refractivity contribution < 1.29 is 22.7 Å². The molecular weight excluding hydrogens is 221 g/mol. The molecule has 0 radical (unpaired) electrons. The first-order chi connectivity index (χ1) is 7.31. The third-order valence-electron chi connectivity index (χ3n) is 1.97. The molecule has 16 heavy (non-hydrogen) atoms. The lowest BCUT2D eigenvalue weighted by Crippen LogP contribution is -2.20. The van der Waals surface area contributed by atoms with Crippen LogP contribution >= 0.6 is 0 Å². The number of para-hydroxylation sites is 1. The predicted molar refractivity (Wildman–Crippen MR) is 52.7 cm³/mol. The highest BCUT2D eigenvalue weighted by Gasteiger charge is 2.29. The smallest absolute Gasteiger partial charge is 0.422 e. The summed E-state index contributed by atoms with van der Waals surface area (Å²) in [4.78, 5) is 11.2. The molecule has 2 nitrogen and oxygen atoms in total. The van der Waals surface area contributed by atoms with E-state index < -0.39 is 12.8 Å². The van der Waals surface area contributed by atoms with Gasteiger partial charge in [0.15, 0.2) is 12.4 Å². The van der Waals surface area contributed by atoms with Crippen LogP contribution in [0.3, 0.4) is 0 Å². The first-order valence-electron chi connectivity index (χ1n) is 4.61. The van der Waals surface area contributed by atoms with Crippen LogP contribution in [0.25, 0.3) is 0 Å². The van der Waals surface area contributed by atoms with E-state index in [1.54, 1.807) is 19.1 Å². The fraction of sp³-hybridized carbons (Fsp3) is 0.364. The van der Waals surface area contributed by atoms with Crippen LogP contribution < -0.4 is 4.74 Å². The summed E-state index contributed by atoms with van der Waals surface area (Å²) in [5.74, 6) is -0.312. The molecule has 0 spiro atoms. The number of benzene rings is 1. The summed E-state index contributed by atoms with van der Waals surface area (Å²) in [6, 6.07) is 4.64. The number of aryl methyl sites for hydroxylation is 1. The molecule has 0 unspecified atom stereocenters. The van der Waals surface area contributed by atoms with Crippen LogP contribution in [0.2, 0.25) is 0 Å². The summed E-state index contributed by atoms with van der Waals surface area (Å²) in [6.07, 6.45) is -4.41. The van der Waals surface area contributed by atoms with Crippen LogP contribution in [0.5, 0.6) is 5.75 Å². The summed E-state index contributed by atoms with van der Waals surface area (Å²) >= 11 is 0. The van der Waals surface area contributed by atoms with Crippen LogP contribution in [0.1, 0.15) is 22.8 Å². The van der Waals surface area contributed by atoms with Crippen molar-refractivity contribution in [1.29, 1.82) is 0 Å². The van der Waals surface area contributed by atoms with Gasteiger partial charge in [-0.15, -0.1) is 0 Å². The minimum atomic E-state index is -4.41. The van der Waals surface area contributed by atoms with Crippen molar-refractivity contribution in [1.82, 2.24) is 0 Å². The van der Waals surface area contributed by atoms with Gasteiger partial charge in [-0.1, -0.05) is 12.1 Å². The second-order valence-corrected chi connectivity index (χ2v) is 3.41. The van der Waals surface area contributed by atoms with E-state index in [1.807, 2.05) is 0 Å². The Hall–Kier alpha value is -1.52. The van der Waals surface area contributed by atoms with Crippen molar-refractivity contribution in [3.05, 3.63) is 29.3 Å². The van der Waals surface area contributed by atoms with Gasteiger partial charge in [0.2, 0.25) is 0 Å². The molecule has 1 rings (SSSR count). The average molecular weight is 232 g/mol. The predicted octanol–water partition coefficient (Wildman–Crippen LogP) is 3.14. The van der Waals surface area contributed by atoms with E-state index in [-0.39, 0.29) is 17.1 Å². The van der Waals surface area contributed by atoms with Crippen molar-refractivity contribution >= 4 is 5.78 Å². The van der Waals surface area contributed by atoms with Crippen LogP contribution in [-0.4, -0.2) is 18.6 Å². The van der Waals surface area contributed by atoms with Crippen LogP contribution in [0.4, 0.5) is 13.2 Å². The normalized spacial score (nSPS) is 11.3. The Morgan fingerprint density at radius 2 is 2.00 bits per heavy atom. The van der Waals surface area contributed by atoms with Crippen molar-refractivity contribution in [2.24, 2.45) is 0 Å². The van der Waals surface area contributed by atoms with Gasteiger partial charge >= 0.3 is 6.18 Å². The van der Waals surface area contributed by atoms with E-state index in [9.17, 15) is 18.0 Å². The van der Waals surface area contributed by atoms with Gasteiger partial charge in [-0.3, -0.25) is 4.79 Å². The van der Waals surface area contributed by atoms with E-state index in [2.05, 4.69) is 4.74 Å². The summed E-state index contributed by atoms with van der Waals surface area (Å²) < 4.78 is 40.6. The van der Waals surface area contributed by atoms with E-state index >= 15 is 0 Å². The Kier molecular flexibility index (Phi) is 3.57. The minimum absolute atomic E-state index is 0.00678. The fourth-order valence-electron chi connectivity index (χ4n) is 1.28. The molecule has 0 saturated heterocycles. The molecule has 88 valence electrons. The maximum Gasteiger partial charge on any atom is 0.422 e. The molecule has 0 aromatic heterocycles. The largest absolute Gasteiger partial charge is 0.483 e. The van der Waals surface area contributed by atoms with Crippen LogP contribution in [0, 0.1) is 6.92 Å². The van der Waals surface area contributed by atoms with Crippen LogP contribution in [0.15, 0.2) is 18.2 Å². The molecule has 0 aliphatic rings. The molecule has 0 aliphatic carbocycles. The molecule has 1 aromatic carbocycles. The molecule has 1 aromatic rings. The third kappa shape index (κ3) is 3.25. The molecule has 0 heterocycles. The van der Waals surface area contributed by atoms with Gasteiger partial charge in [-0.05, 0) is 25.5 Å². The first kappa shape index (κ1) is 12.5. The zero-order valence-corrected chi connectivity index (χ0v) is 8.89. The summed E-state index contributed by atoms with van der Waals surface area (Å²) in [7, 11) is 0. The van der Waals surface area contributed by atoms with E-state index in [4.69, 9.17) is 0 Å². The number of ketones is 1. The second kappa shape index (κ2) is 4.55. The lowest BCUT2D eigenvalue weighted by molar-refractivity contribution is -0.153. The van der Waals surface area contributed by atoms with Crippen molar-refractivity contribution in [3.63, 3.8) is 0 Å². The summed E-state index contributed by atoms with van der Waals surface area (Å²) in [5.41, 5.74) is 0.682. The number of ether oxygens (including phenoxy) is 1. The maximum absolute atomic E-state index is 12.0. The van der Waals surface area contributed by atoms with Gasteiger partial charge in [0.25, 0.3) is 0 Å². The molecular formula is C11H11F3O2. The lowest BCUT2D eigenvalue weighted by atomic mass is 10.1. The molecule has 0 atom stereocenters. The van der Waals surface area contributed by atoms with Crippen molar-refractivity contribution in [3.8, 4) is 5.75 Å². The van der Waals surface area contributed by atoms with Crippen molar-refractivity contribution in [2.45, 2.75) is 20.0 Å². The third-order valence-corrected chi connectivity index (χ3v) is 1.97. The molecule has 5 heteroatoms. The van der Waals surface area contributed by atoms with E-state index in [0.717, 1.165) is 0 Å². The first-order valence-corrected chi connectivity index (χ1v) is 4.61. The molecule has 0 saturated carbocycles. The van der Waals surface area contributed by atoms with Gasteiger partial charge in [0.05, 0.1) is 5.56 Å². The number of hydrogen-bond acceptors (Lipinski definition) is 2. The number of rotatable bonds is 3. The average Bonchev–Trinajstić information content (AvgIpc) is 2.13. The Morgan fingerprint density at radius 1 is 1.38 bits per heavy atom. The monoisotopic (exact) mass is 232 g/mol. The summed E-state index contributed by atoms with van der Waals surface area (Å²) in [6.45, 7) is 1.49. The highest BCUT2D eigenvalue weighted by Crippen LogP contribution is 2.26. The van der Waals surface area contributed by atoms with Gasteiger partial charge in [0, 0.05) is 0 Å². The SMILES string of the molecule is CC(=O)c1cccc(C)c1OCC(F)(F)F. The second-order valence-electron chi connectivity index (χ2n) is 3.41. The highest BCUT2D eigenvalue weighted by molar-refractivity contribution is 5.97. The summed E-state index contributed by atoms with van der Waals surface area (Å²) in [5, 5.41) is 0. The molecule has 0 aliphatic heterocycles. The topological polar surface area (TPSA) is 26.3 Å². The van der Waals surface area contributed by atoms with Crippen LogP contribution in [-0.2, 0) is 0 Å². The number of Topliss-reactive ketones (excluding diaryl/α,β-unsaturated/α-hetero) is 1. The molecule has 0 amide bonds. The molecule has 0 fully saturated rings. The van der Waals surface area contributed by atoms with Gasteiger partial charge in [0.1, 0.15) is 5.75 Å². The zero-order valence-electron chi connectivity index (χ0n) is 8.89. The van der Waals surface area contributed by atoms with Crippen molar-refractivity contribution in [2.75, 3.05) is 6.61 Å². The highest BCUT2D eigenvalue weighted by atomic mass is 19.4. The molecule has 0 N–H and O–H groups in total. The number of hydrogen-bond donors (Lipinski definition) is 0. The zero-order chi connectivity index (χ0) is 12.3. The fourth-order valence-corrected chi connectivity index (χ4v) is 1.28. The van der Waals surface area contributed by atoms with Gasteiger partial charge < -0.3 is 4.74 Å². The Morgan fingerprint density at radius 3 is 2.50 bits per heavy atom.